The molecule has 0 spiro atoms. The van der Waals surface area contributed by atoms with E-state index in [0.29, 0.717) is 21.1 Å². The number of hydrogen-bond acceptors (Lipinski definition) is 6. The number of aromatic nitrogens is 2. The van der Waals surface area contributed by atoms with Gasteiger partial charge in [-0.2, -0.15) is 0 Å². The van der Waals surface area contributed by atoms with Crippen molar-refractivity contribution < 1.29 is 4.79 Å². The maximum atomic E-state index is 12.3. The number of nitrogens with one attached hydrogen (secondary N) is 1. The molecule has 3 heterocycles. The van der Waals surface area contributed by atoms with Gasteiger partial charge in [-0.15, -0.1) is 22.7 Å². The molecule has 1 amide bonds. The van der Waals surface area contributed by atoms with Crippen LogP contribution in [-0.2, 0) is 4.79 Å². The summed E-state index contributed by atoms with van der Waals surface area (Å²) in [5.74, 6) is 0.148. The lowest BCUT2D eigenvalue weighted by molar-refractivity contribution is -0.117. The maximum Gasteiger partial charge on any atom is 0.260 e. The van der Waals surface area contributed by atoms with Crippen LogP contribution in [0.1, 0.15) is 6.42 Å². The zero-order valence-electron chi connectivity index (χ0n) is 10.8. The van der Waals surface area contributed by atoms with Gasteiger partial charge in [-0.3, -0.25) is 9.59 Å². The average molecular weight is 337 g/mol. The molecule has 3 aromatic heterocycles. The molecule has 0 aliphatic rings. The largest absolute Gasteiger partial charge is 0.370 e. The summed E-state index contributed by atoms with van der Waals surface area (Å²) in [6.07, 6.45) is 0.261. The molecule has 3 N–H and O–H groups in total. The van der Waals surface area contributed by atoms with Crippen LogP contribution < -0.4 is 11.3 Å². The third-order valence-corrected chi connectivity index (χ3v) is 5.45. The maximum absolute atomic E-state index is 12.3. The van der Waals surface area contributed by atoms with Crippen LogP contribution in [0.3, 0.4) is 0 Å². The van der Waals surface area contributed by atoms with Crippen molar-refractivity contribution in [3.63, 3.8) is 0 Å². The molecule has 0 radical (unpaired) electrons. The Morgan fingerprint density at radius 1 is 1.43 bits per heavy atom. The third-order valence-electron chi connectivity index (χ3n) is 2.80. The minimum Gasteiger partial charge on any atom is -0.370 e. The number of fused-ring (bicyclic) bond motifs is 1. The van der Waals surface area contributed by atoms with Crippen molar-refractivity contribution in [3.05, 3.63) is 33.2 Å². The molecule has 8 heteroatoms. The van der Waals surface area contributed by atoms with Gasteiger partial charge in [0.05, 0.1) is 5.39 Å². The second-order valence-corrected chi connectivity index (χ2v) is 7.13. The molecule has 0 atom stereocenters. The zero-order chi connectivity index (χ0) is 14.8. The summed E-state index contributed by atoms with van der Waals surface area (Å²) in [7, 11) is 0. The fourth-order valence-corrected chi connectivity index (χ4v) is 4.50. The molecule has 3 rings (SSSR count). The van der Waals surface area contributed by atoms with Crippen molar-refractivity contribution in [2.24, 2.45) is 5.73 Å². The first-order valence-corrected chi connectivity index (χ1v) is 8.86. The molecule has 0 aliphatic heterocycles. The monoisotopic (exact) mass is 337 g/mol. The predicted octanol–water partition coefficient (Wildman–Crippen LogP) is 2.68. The van der Waals surface area contributed by atoms with Gasteiger partial charge in [0.2, 0.25) is 5.91 Å². The fourth-order valence-electron chi connectivity index (χ4n) is 1.86. The average Bonchev–Trinajstić information content (AvgIpc) is 3.06. The van der Waals surface area contributed by atoms with E-state index in [9.17, 15) is 9.59 Å². The number of primary amides is 1. The number of nitrogens with zero attached hydrogens (tertiary/aromatic N) is 1. The summed E-state index contributed by atoms with van der Waals surface area (Å²) in [6, 6.07) is 3.94. The van der Waals surface area contributed by atoms with E-state index in [1.165, 1.54) is 23.1 Å². The minimum atomic E-state index is -0.359. The quantitative estimate of drug-likeness (QED) is 0.553. The van der Waals surface area contributed by atoms with E-state index in [4.69, 9.17) is 5.73 Å². The lowest BCUT2D eigenvalue weighted by atomic mass is 10.2. The molecule has 0 unspecified atom stereocenters. The number of thiophene rings is 2. The summed E-state index contributed by atoms with van der Waals surface area (Å²) in [5.41, 5.74) is 5.87. The smallest absolute Gasteiger partial charge is 0.260 e. The third kappa shape index (κ3) is 3.02. The SMILES string of the molecule is NC(=O)CCSc1nc2scc(-c3cccs3)c2c(=O)[nH]1. The van der Waals surface area contributed by atoms with E-state index >= 15 is 0 Å². The van der Waals surface area contributed by atoms with Crippen molar-refractivity contribution in [2.45, 2.75) is 11.6 Å². The lowest BCUT2D eigenvalue weighted by Gasteiger charge is -2.00. The van der Waals surface area contributed by atoms with E-state index < -0.39 is 0 Å². The number of thioether (sulfide) groups is 1. The zero-order valence-corrected chi connectivity index (χ0v) is 13.2. The van der Waals surface area contributed by atoms with Gasteiger partial charge in [0.15, 0.2) is 5.16 Å². The molecular weight excluding hydrogens is 326 g/mol. The van der Waals surface area contributed by atoms with Crippen LogP contribution in [0.4, 0.5) is 0 Å². The van der Waals surface area contributed by atoms with Crippen molar-refractivity contribution in [1.29, 1.82) is 0 Å². The van der Waals surface area contributed by atoms with Gasteiger partial charge in [0.1, 0.15) is 4.83 Å². The first-order valence-electron chi connectivity index (χ1n) is 6.11. The van der Waals surface area contributed by atoms with Gasteiger partial charge in [0, 0.05) is 28.0 Å². The van der Waals surface area contributed by atoms with Gasteiger partial charge in [-0.25, -0.2) is 4.98 Å². The number of carbonyl (C=O) groups excluding carboxylic acids is 1. The van der Waals surface area contributed by atoms with E-state index in [2.05, 4.69) is 9.97 Å². The van der Waals surface area contributed by atoms with Crippen molar-refractivity contribution in [3.8, 4) is 10.4 Å². The Morgan fingerprint density at radius 3 is 3.00 bits per heavy atom. The Morgan fingerprint density at radius 2 is 2.29 bits per heavy atom. The number of H-pyrrole nitrogens is 1. The van der Waals surface area contributed by atoms with Crippen molar-refractivity contribution >= 4 is 50.6 Å². The summed E-state index contributed by atoms with van der Waals surface area (Å²) >= 11 is 4.37. The first-order chi connectivity index (χ1) is 10.1. The van der Waals surface area contributed by atoms with E-state index in [1.54, 1.807) is 11.3 Å². The summed E-state index contributed by atoms with van der Waals surface area (Å²) in [5, 5.41) is 5.08. The summed E-state index contributed by atoms with van der Waals surface area (Å²) in [6.45, 7) is 0. The van der Waals surface area contributed by atoms with Crippen LogP contribution in [-0.4, -0.2) is 21.6 Å². The number of amides is 1. The van der Waals surface area contributed by atoms with Gasteiger partial charge in [0.25, 0.3) is 5.56 Å². The van der Waals surface area contributed by atoms with Crippen LogP contribution >= 0.6 is 34.4 Å². The second kappa shape index (κ2) is 6.00. The summed E-state index contributed by atoms with van der Waals surface area (Å²) < 4.78 is 0. The van der Waals surface area contributed by atoms with E-state index in [-0.39, 0.29) is 17.9 Å². The predicted molar refractivity (Wildman–Crippen MR) is 88.1 cm³/mol. The van der Waals surface area contributed by atoms with Gasteiger partial charge >= 0.3 is 0 Å². The highest BCUT2D eigenvalue weighted by atomic mass is 32.2. The number of hydrogen-bond donors (Lipinski definition) is 2. The Kier molecular flexibility index (Phi) is 4.09. The molecule has 5 nitrogen and oxygen atoms in total. The topological polar surface area (TPSA) is 88.8 Å². The molecule has 0 saturated heterocycles. The minimum absolute atomic E-state index is 0.147. The summed E-state index contributed by atoms with van der Waals surface area (Å²) in [4.78, 5) is 32.0. The molecule has 0 aliphatic carbocycles. The Hall–Kier alpha value is -1.64. The standard InChI is InChI=1S/C13H11N3O2S3/c14-9(17)3-5-20-13-15-11(18)10-7(6-21-12(10)16-13)8-2-1-4-19-8/h1-2,4,6H,3,5H2,(H2,14,17)(H,15,16,18). The van der Waals surface area contributed by atoms with Crippen LogP contribution in [0.2, 0.25) is 0 Å². The molecule has 3 aromatic rings. The van der Waals surface area contributed by atoms with Crippen molar-refractivity contribution in [2.75, 3.05) is 5.75 Å². The Bertz CT molecular complexity index is 836. The van der Waals surface area contributed by atoms with Crippen LogP contribution in [0.15, 0.2) is 32.8 Å². The number of nitrogens with two attached hydrogens (primary N) is 1. The highest BCUT2D eigenvalue weighted by molar-refractivity contribution is 7.99. The van der Waals surface area contributed by atoms with E-state index in [1.807, 2.05) is 22.9 Å². The number of aromatic amines is 1. The molecule has 0 bridgehead atoms. The van der Waals surface area contributed by atoms with Crippen LogP contribution in [0, 0.1) is 0 Å². The Balaban J connectivity index is 1.95. The normalized spacial score (nSPS) is 11.0. The van der Waals surface area contributed by atoms with Crippen LogP contribution in [0.25, 0.3) is 20.7 Å². The second-order valence-electron chi connectivity index (χ2n) is 4.24. The van der Waals surface area contributed by atoms with Crippen molar-refractivity contribution in [1.82, 2.24) is 9.97 Å². The van der Waals surface area contributed by atoms with Gasteiger partial charge < -0.3 is 10.7 Å². The highest BCUT2D eigenvalue weighted by Gasteiger charge is 2.13. The molecule has 0 saturated carbocycles. The Labute approximate surface area is 132 Å². The highest BCUT2D eigenvalue weighted by Crippen LogP contribution is 2.33. The molecule has 0 aromatic carbocycles. The molecular formula is C13H11N3O2S3. The van der Waals surface area contributed by atoms with Gasteiger partial charge in [-0.1, -0.05) is 17.8 Å². The van der Waals surface area contributed by atoms with E-state index in [0.717, 1.165) is 10.4 Å². The lowest BCUT2D eigenvalue weighted by Crippen LogP contribution is -2.12. The molecule has 0 fully saturated rings. The number of rotatable bonds is 5. The first kappa shape index (κ1) is 14.3. The molecule has 108 valence electrons. The fraction of sp³-hybridized carbons (Fsp3) is 0.154. The molecule has 21 heavy (non-hydrogen) atoms. The van der Waals surface area contributed by atoms with Gasteiger partial charge in [-0.05, 0) is 11.4 Å². The number of carbonyl (C=O) groups is 1. The van der Waals surface area contributed by atoms with Crippen LogP contribution in [0.5, 0.6) is 0 Å².